The van der Waals surface area contributed by atoms with Crippen molar-refractivity contribution < 1.29 is 14.3 Å². The number of esters is 1. The Labute approximate surface area is 150 Å². The average Bonchev–Trinajstić information content (AvgIpc) is 2.51. The molecule has 2 aromatic heterocycles. The molecule has 26 heavy (non-hydrogen) atoms. The summed E-state index contributed by atoms with van der Waals surface area (Å²) in [5, 5.41) is 2.54. The number of nitrogens with one attached hydrogen (secondary N) is 2. The van der Waals surface area contributed by atoms with Crippen LogP contribution in [0.25, 0.3) is 11.2 Å². The van der Waals surface area contributed by atoms with Crippen LogP contribution < -0.4 is 10.9 Å². The molecule has 140 valence electrons. The molecule has 0 saturated carbocycles. The van der Waals surface area contributed by atoms with Gasteiger partial charge in [-0.1, -0.05) is 20.8 Å². The summed E-state index contributed by atoms with van der Waals surface area (Å²) in [4.78, 5) is 50.8. The first-order valence-electron chi connectivity index (χ1n) is 8.12. The van der Waals surface area contributed by atoms with Crippen LogP contribution in [0.15, 0.2) is 11.0 Å². The van der Waals surface area contributed by atoms with Gasteiger partial charge in [0.05, 0.1) is 17.3 Å². The van der Waals surface area contributed by atoms with Crippen LogP contribution in [-0.4, -0.2) is 31.8 Å². The fourth-order valence-corrected chi connectivity index (χ4v) is 1.73. The molecule has 0 aliphatic heterocycles. The lowest BCUT2D eigenvalue weighted by molar-refractivity contribution is -0.154. The zero-order valence-corrected chi connectivity index (χ0v) is 15.8. The van der Waals surface area contributed by atoms with E-state index in [1.807, 2.05) is 0 Å². The number of fused-ring (bicyclic) bond motifs is 1. The predicted molar refractivity (Wildman–Crippen MR) is 95.3 cm³/mol. The number of ether oxygens (including phenoxy) is 1. The number of H-pyrrole nitrogens is 1. The third-order valence-corrected chi connectivity index (χ3v) is 3.34. The summed E-state index contributed by atoms with van der Waals surface area (Å²) in [6, 6.07) is 0. The number of aromatic nitrogens is 4. The highest BCUT2D eigenvalue weighted by atomic mass is 16.5. The van der Waals surface area contributed by atoms with Gasteiger partial charge in [-0.3, -0.25) is 24.7 Å². The Kier molecular flexibility index (Phi) is 5.11. The van der Waals surface area contributed by atoms with Crippen molar-refractivity contribution in [2.24, 2.45) is 10.8 Å². The van der Waals surface area contributed by atoms with E-state index in [9.17, 15) is 14.4 Å². The smallest absolute Gasteiger partial charge is 0.311 e. The maximum atomic E-state index is 12.2. The minimum atomic E-state index is -0.639. The second-order valence-corrected chi connectivity index (χ2v) is 7.98. The van der Waals surface area contributed by atoms with E-state index >= 15 is 0 Å². The second-order valence-electron chi connectivity index (χ2n) is 7.98. The number of aromatic amines is 1. The minimum Gasteiger partial charge on any atom is -0.459 e. The molecule has 2 aromatic rings. The highest BCUT2D eigenvalue weighted by molar-refractivity contribution is 5.93. The largest absolute Gasteiger partial charge is 0.459 e. The molecule has 0 aromatic carbocycles. The summed E-state index contributed by atoms with van der Waals surface area (Å²) in [7, 11) is 0. The van der Waals surface area contributed by atoms with Crippen molar-refractivity contribution in [1.82, 2.24) is 19.9 Å². The van der Waals surface area contributed by atoms with Crippen molar-refractivity contribution in [3.63, 3.8) is 0 Å². The molecule has 1 amide bonds. The van der Waals surface area contributed by atoms with Crippen LogP contribution in [-0.2, 0) is 20.9 Å². The monoisotopic (exact) mass is 361 g/mol. The van der Waals surface area contributed by atoms with E-state index in [1.165, 1.54) is 6.20 Å². The van der Waals surface area contributed by atoms with Crippen LogP contribution >= 0.6 is 0 Å². The van der Waals surface area contributed by atoms with E-state index in [-0.39, 0.29) is 35.6 Å². The lowest BCUT2D eigenvalue weighted by atomic mass is 9.96. The van der Waals surface area contributed by atoms with Crippen molar-refractivity contribution in [2.75, 3.05) is 5.32 Å². The topological polar surface area (TPSA) is 127 Å². The van der Waals surface area contributed by atoms with Gasteiger partial charge < -0.3 is 4.74 Å². The van der Waals surface area contributed by atoms with Crippen molar-refractivity contribution in [1.29, 1.82) is 0 Å². The third-order valence-electron chi connectivity index (χ3n) is 3.34. The molecule has 0 spiro atoms. The van der Waals surface area contributed by atoms with Gasteiger partial charge in [0.2, 0.25) is 11.9 Å². The molecule has 0 unspecified atom stereocenters. The quantitative estimate of drug-likeness (QED) is 0.798. The van der Waals surface area contributed by atoms with Gasteiger partial charge in [-0.2, -0.15) is 4.98 Å². The predicted octanol–water partition coefficient (Wildman–Crippen LogP) is 1.79. The van der Waals surface area contributed by atoms with Crippen LogP contribution in [0.1, 0.15) is 47.2 Å². The Morgan fingerprint density at radius 1 is 1.12 bits per heavy atom. The summed E-state index contributed by atoms with van der Waals surface area (Å²) >= 11 is 0. The highest BCUT2D eigenvalue weighted by Crippen LogP contribution is 2.17. The molecule has 9 nitrogen and oxygen atoms in total. The molecule has 0 atom stereocenters. The maximum Gasteiger partial charge on any atom is 0.311 e. The van der Waals surface area contributed by atoms with Crippen LogP contribution in [0.5, 0.6) is 0 Å². The fourth-order valence-electron chi connectivity index (χ4n) is 1.73. The van der Waals surface area contributed by atoms with E-state index in [4.69, 9.17) is 4.74 Å². The van der Waals surface area contributed by atoms with Crippen LogP contribution in [0.2, 0.25) is 0 Å². The summed E-state index contributed by atoms with van der Waals surface area (Å²) in [6.07, 6.45) is 1.38. The molecule has 9 heteroatoms. The first-order chi connectivity index (χ1) is 11.9. The molecule has 0 saturated heterocycles. The summed E-state index contributed by atoms with van der Waals surface area (Å²) in [5.41, 5.74) is -1.40. The van der Waals surface area contributed by atoms with Crippen molar-refractivity contribution in [2.45, 2.75) is 48.1 Å². The number of carbonyl (C=O) groups is 2. The van der Waals surface area contributed by atoms with Crippen molar-refractivity contribution in [3.05, 3.63) is 22.2 Å². The number of amides is 1. The Bertz CT molecular complexity index is 906. The van der Waals surface area contributed by atoms with E-state index in [0.717, 1.165) is 0 Å². The van der Waals surface area contributed by atoms with Gasteiger partial charge in [-0.25, -0.2) is 9.97 Å². The molecule has 2 N–H and O–H groups in total. The SMILES string of the molecule is CC(C)(C)C(=O)Nc1nc2ncc(COC(=O)C(C)(C)C)nc2c(=O)[nH]1. The molecule has 2 rings (SSSR count). The summed E-state index contributed by atoms with van der Waals surface area (Å²) in [5.74, 6) is -0.672. The Hall–Kier alpha value is -2.84. The molecule has 0 aliphatic rings. The van der Waals surface area contributed by atoms with Crippen molar-refractivity contribution in [3.8, 4) is 0 Å². The number of carbonyl (C=O) groups excluding carboxylic acids is 2. The first-order valence-corrected chi connectivity index (χ1v) is 8.12. The molecule has 0 radical (unpaired) electrons. The lowest BCUT2D eigenvalue weighted by Crippen LogP contribution is -2.29. The van der Waals surface area contributed by atoms with Gasteiger partial charge in [-0.05, 0) is 20.8 Å². The van der Waals surface area contributed by atoms with Crippen LogP contribution in [0.4, 0.5) is 5.95 Å². The van der Waals surface area contributed by atoms with E-state index < -0.39 is 16.4 Å². The zero-order valence-electron chi connectivity index (χ0n) is 15.8. The van der Waals surface area contributed by atoms with E-state index in [0.29, 0.717) is 5.69 Å². The van der Waals surface area contributed by atoms with Gasteiger partial charge in [-0.15, -0.1) is 0 Å². The summed E-state index contributed by atoms with van der Waals surface area (Å²) in [6.45, 7) is 10.3. The van der Waals surface area contributed by atoms with E-state index in [2.05, 4.69) is 25.3 Å². The molecule has 0 aliphatic carbocycles. The Balaban J connectivity index is 2.24. The molecule has 0 bridgehead atoms. The third kappa shape index (κ3) is 4.62. The number of hydrogen-bond acceptors (Lipinski definition) is 7. The van der Waals surface area contributed by atoms with Gasteiger partial charge in [0.15, 0.2) is 11.2 Å². The van der Waals surface area contributed by atoms with Crippen LogP contribution in [0, 0.1) is 10.8 Å². The number of anilines is 1. The molecule has 2 heterocycles. The summed E-state index contributed by atoms with van der Waals surface area (Å²) < 4.78 is 5.16. The number of rotatable bonds is 3. The second kappa shape index (κ2) is 6.81. The zero-order chi connectivity index (χ0) is 19.7. The molecular weight excluding hydrogens is 338 g/mol. The molecular formula is C17H23N5O4. The number of nitrogens with zero attached hydrogens (tertiary/aromatic N) is 3. The lowest BCUT2D eigenvalue weighted by Gasteiger charge is -2.17. The average molecular weight is 361 g/mol. The van der Waals surface area contributed by atoms with E-state index in [1.54, 1.807) is 41.5 Å². The first kappa shape index (κ1) is 19.5. The standard InChI is InChI=1S/C17H23N5O4/c1-16(2,3)13(24)22-15-20-11-10(12(23)21-15)19-9(7-18-11)8-26-14(25)17(4,5)6/h7H,8H2,1-6H3,(H2,18,20,21,22,23,24). The highest BCUT2D eigenvalue weighted by Gasteiger charge is 2.24. The normalized spacial score (nSPS) is 12.1. The van der Waals surface area contributed by atoms with Gasteiger partial charge >= 0.3 is 5.97 Å². The van der Waals surface area contributed by atoms with Crippen LogP contribution in [0.3, 0.4) is 0 Å². The van der Waals surface area contributed by atoms with Gasteiger partial charge in [0.1, 0.15) is 6.61 Å². The number of hydrogen-bond donors (Lipinski definition) is 2. The van der Waals surface area contributed by atoms with Crippen molar-refractivity contribution >= 4 is 29.0 Å². The Morgan fingerprint density at radius 3 is 2.35 bits per heavy atom. The maximum absolute atomic E-state index is 12.2. The van der Waals surface area contributed by atoms with Gasteiger partial charge in [0, 0.05) is 5.41 Å². The minimum absolute atomic E-state index is 0.00284. The fraction of sp³-hybridized carbons (Fsp3) is 0.529. The molecule has 0 fully saturated rings. The Morgan fingerprint density at radius 2 is 1.77 bits per heavy atom. The van der Waals surface area contributed by atoms with Gasteiger partial charge in [0.25, 0.3) is 5.56 Å².